The maximum absolute atomic E-state index is 10.6. The molecule has 4 N–H and O–H groups in total. The van der Waals surface area contributed by atoms with Crippen molar-refractivity contribution in [1.29, 1.82) is 0 Å². The van der Waals surface area contributed by atoms with Crippen molar-refractivity contribution in [3.05, 3.63) is 41.6 Å². The number of anilines is 1. The normalized spacial score (nSPS) is 10.6. The van der Waals surface area contributed by atoms with E-state index in [1.165, 1.54) is 0 Å². The molecule has 1 aromatic carbocycles. The standard InChI is InChI=1S/C11H11N3O3.C2HF3O2/c12-8-4-2-1-3-7(8)5-6-9-13-14-10(17-9)11(15)16;3-2(4,5)1(6)7/h1-4H,5-6,12H2,(H,15,16);(H,6,7). The lowest BCUT2D eigenvalue weighted by molar-refractivity contribution is -0.192. The number of carbonyl (C=O) groups is 2. The number of aryl methyl sites for hydroxylation is 2. The topological polar surface area (TPSA) is 140 Å². The molecule has 24 heavy (non-hydrogen) atoms. The van der Waals surface area contributed by atoms with Gasteiger partial charge < -0.3 is 20.4 Å². The van der Waals surface area contributed by atoms with Gasteiger partial charge in [-0.3, -0.25) is 0 Å². The zero-order chi connectivity index (χ0) is 18.3. The number of carboxylic acids is 2. The van der Waals surface area contributed by atoms with Crippen LogP contribution < -0.4 is 5.73 Å². The number of carboxylic acid groups (broad SMARTS) is 2. The molecule has 0 fully saturated rings. The average molecular weight is 347 g/mol. The van der Waals surface area contributed by atoms with Crippen LogP contribution >= 0.6 is 0 Å². The van der Waals surface area contributed by atoms with Gasteiger partial charge in [0.25, 0.3) is 0 Å². The third-order valence-electron chi connectivity index (χ3n) is 2.56. The molecule has 8 nitrogen and oxygen atoms in total. The number of hydrogen-bond acceptors (Lipinski definition) is 6. The summed E-state index contributed by atoms with van der Waals surface area (Å²) in [4.78, 5) is 19.4. The van der Waals surface area contributed by atoms with Crippen LogP contribution in [0.1, 0.15) is 22.1 Å². The van der Waals surface area contributed by atoms with Gasteiger partial charge in [-0.1, -0.05) is 18.2 Å². The number of aliphatic carboxylic acids is 1. The van der Waals surface area contributed by atoms with Gasteiger partial charge in [0.05, 0.1) is 0 Å². The van der Waals surface area contributed by atoms with E-state index in [2.05, 4.69) is 10.2 Å². The Bertz CT molecular complexity index is 715. The van der Waals surface area contributed by atoms with Gasteiger partial charge in [-0.25, -0.2) is 9.59 Å². The monoisotopic (exact) mass is 347 g/mol. The summed E-state index contributed by atoms with van der Waals surface area (Å²) >= 11 is 0. The summed E-state index contributed by atoms with van der Waals surface area (Å²) in [5.74, 6) is -4.07. The fourth-order valence-electron chi connectivity index (χ4n) is 1.44. The van der Waals surface area contributed by atoms with E-state index in [1.54, 1.807) is 0 Å². The number of halogens is 3. The number of hydrogen-bond donors (Lipinski definition) is 3. The molecule has 0 saturated carbocycles. The molecule has 2 aromatic rings. The predicted octanol–water partition coefficient (Wildman–Crippen LogP) is 1.77. The largest absolute Gasteiger partial charge is 0.490 e. The molecule has 0 aliphatic heterocycles. The third kappa shape index (κ3) is 5.94. The van der Waals surface area contributed by atoms with Gasteiger partial charge in [-0.15, -0.1) is 10.2 Å². The summed E-state index contributed by atoms with van der Waals surface area (Å²) in [6.07, 6.45) is -3.98. The molecule has 2 rings (SSSR count). The van der Waals surface area contributed by atoms with E-state index in [0.29, 0.717) is 24.4 Å². The molecule has 0 aliphatic rings. The number of benzene rings is 1. The predicted molar refractivity (Wildman–Crippen MR) is 73.2 cm³/mol. The Balaban J connectivity index is 0.000000351. The smallest absolute Gasteiger partial charge is 0.475 e. The van der Waals surface area contributed by atoms with Crippen molar-refractivity contribution in [2.24, 2.45) is 0 Å². The van der Waals surface area contributed by atoms with Gasteiger partial charge in [0.2, 0.25) is 5.89 Å². The summed E-state index contributed by atoms with van der Waals surface area (Å²) in [6.45, 7) is 0. The second-order valence-corrected chi connectivity index (χ2v) is 4.31. The van der Waals surface area contributed by atoms with E-state index in [0.717, 1.165) is 5.56 Å². The van der Waals surface area contributed by atoms with Crippen LogP contribution in [-0.4, -0.2) is 38.5 Å². The lowest BCUT2D eigenvalue weighted by Crippen LogP contribution is -2.21. The number of aromatic nitrogens is 2. The van der Waals surface area contributed by atoms with Crippen LogP contribution in [0.2, 0.25) is 0 Å². The van der Waals surface area contributed by atoms with Gasteiger partial charge in [0, 0.05) is 12.1 Å². The molecule has 1 aromatic heterocycles. The Morgan fingerprint density at radius 1 is 1.12 bits per heavy atom. The first kappa shape index (κ1) is 18.9. The zero-order valence-corrected chi connectivity index (χ0v) is 11.9. The van der Waals surface area contributed by atoms with Crippen molar-refractivity contribution in [3.8, 4) is 0 Å². The second kappa shape index (κ2) is 7.94. The van der Waals surface area contributed by atoms with E-state index in [9.17, 15) is 18.0 Å². The number of rotatable bonds is 4. The Morgan fingerprint density at radius 2 is 1.71 bits per heavy atom. The summed E-state index contributed by atoms with van der Waals surface area (Å²) in [5, 5.41) is 22.8. The maximum atomic E-state index is 10.6. The van der Waals surface area contributed by atoms with Crippen molar-refractivity contribution in [3.63, 3.8) is 0 Å². The first-order valence-electron chi connectivity index (χ1n) is 6.30. The van der Waals surface area contributed by atoms with Gasteiger partial charge in [0.1, 0.15) is 0 Å². The summed E-state index contributed by atoms with van der Waals surface area (Å²) in [5.41, 5.74) is 7.45. The number of alkyl halides is 3. The highest BCUT2D eigenvalue weighted by Gasteiger charge is 2.38. The molecule has 0 aliphatic carbocycles. The van der Waals surface area contributed by atoms with Crippen LogP contribution in [0.25, 0.3) is 0 Å². The molecule has 0 saturated heterocycles. The van der Waals surface area contributed by atoms with E-state index in [1.807, 2.05) is 24.3 Å². The van der Waals surface area contributed by atoms with Crippen LogP contribution in [0.4, 0.5) is 18.9 Å². The molecule has 1 heterocycles. The lowest BCUT2D eigenvalue weighted by Gasteiger charge is -2.02. The molecular formula is C13H12F3N3O5. The van der Waals surface area contributed by atoms with Crippen molar-refractivity contribution >= 4 is 17.6 Å². The van der Waals surface area contributed by atoms with Crippen LogP contribution in [0.3, 0.4) is 0 Å². The van der Waals surface area contributed by atoms with Crippen molar-refractivity contribution in [2.75, 3.05) is 5.73 Å². The van der Waals surface area contributed by atoms with Gasteiger partial charge in [0.15, 0.2) is 0 Å². The number of para-hydroxylation sites is 1. The quantitative estimate of drug-likeness (QED) is 0.711. The first-order valence-corrected chi connectivity index (χ1v) is 6.30. The highest BCUT2D eigenvalue weighted by atomic mass is 19.4. The molecule has 0 spiro atoms. The highest BCUT2D eigenvalue weighted by molar-refractivity contribution is 5.81. The van der Waals surface area contributed by atoms with E-state index >= 15 is 0 Å². The molecule has 0 atom stereocenters. The Kier molecular flexibility index (Phi) is 6.27. The number of nitrogens with two attached hydrogens (primary N) is 1. The summed E-state index contributed by atoms with van der Waals surface area (Å²) in [7, 11) is 0. The highest BCUT2D eigenvalue weighted by Crippen LogP contribution is 2.14. The van der Waals surface area contributed by atoms with E-state index < -0.39 is 18.1 Å². The third-order valence-corrected chi connectivity index (χ3v) is 2.56. The van der Waals surface area contributed by atoms with E-state index in [-0.39, 0.29) is 5.89 Å². The molecule has 0 amide bonds. The Morgan fingerprint density at radius 3 is 2.17 bits per heavy atom. The van der Waals surface area contributed by atoms with E-state index in [4.69, 9.17) is 25.2 Å². The summed E-state index contributed by atoms with van der Waals surface area (Å²) < 4.78 is 36.7. The molecule has 0 bridgehead atoms. The minimum Gasteiger partial charge on any atom is -0.475 e. The maximum Gasteiger partial charge on any atom is 0.490 e. The van der Waals surface area contributed by atoms with Crippen LogP contribution in [0.15, 0.2) is 28.7 Å². The fourth-order valence-corrected chi connectivity index (χ4v) is 1.44. The second-order valence-electron chi connectivity index (χ2n) is 4.31. The zero-order valence-electron chi connectivity index (χ0n) is 11.9. The molecule has 0 unspecified atom stereocenters. The van der Waals surface area contributed by atoms with Crippen LogP contribution in [-0.2, 0) is 17.6 Å². The first-order chi connectivity index (χ1) is 11.1. The molecule has 130 valence electrons. The summed E-state index contributed by atoms with van der Waals surface area (Å²) in [6, 6.07) is 7.46. The number of nitrogen functional groups attached to an aromatic ring is 1. The van der Waals surface area contributed by atoms with Gasteiger partial charge in [-0.05, 0) is 18.1 Å². The minimum absolute atomic E-state index is 0.297. The minimum atomic E-state index is -5.08. The Hall–Kier alpha value is -3.11. The fraction of sp³-hybridized carbons (Fsp3) is 0.231. The molecule has 0 radical (unpaired) electrons. The van der Waals surface area contributed by atoms with Crippen LogP contribution in [0, 0.1) is 0 Å². The lowest BCUT2D eigenvalue weighted by atomic mass is 10.1. The molecule has 11 heteroatoms. The molecular weight excluding hydrogens is 335 g/mol. The van der Waals surface area contributed by atoms with Crippen molar-refractivity contribution in [1.82, 2.24) is 10.2 Å². The number of nitrogens with zero attached hydrogens (tertiary/aromatic N) is 2. The van der Waals surface area contributed by atoms with Gasteiger partial charge >= 0.3 is 24.0 Å². The van der Waals surface area contributed by atoms with Crippen LogP contribution in [0.5, 0.6) is 0 Å². The van der Waals surface area contributed by atoms with Crippen molar-refractivity contribution in [2.45, 2.75) is 19.0 Å². The average Bonchev–Trinajstić information content (AvgIpc) is 2.95. The SMILES string of the molecule is Nc1ccccc1CCc1nnc(C(=O)O)o1.O=C(O)C(F)(F)F. The van der Waals surface area contributed by atoms with Gasteiger partial charge in [-0.2, -0.15) is 13.2 Å². The van der Waals surface area contributed by atoms with Crippen molar-refractivity contribution < 1.29 is 37.4 Å². The Labute approximate surface area is 132 Å². The number of aromatic carboxylic acids is 1.